The van der Waals surface area contributed by atoms with Gasteiger partial charge >= 0.3 is 0 Å². The molecule has 0 saturated carbocycles. The Balaban J connectivity index is 2.31. The van der Waals surface area contributed by atoms with Gasteiger partial charge in [-0.1, -0.05) is 0 Å². The van der Waals surface area contributed by atoms with E-state index in [4.69, 9.17) is 14.2 Å². The van der Waals surface area contributed by atoms with Gasteiger partial charge < -0.3 is 55.5 Å². The van der Waals surface area contributed by atoms with E-state index < -0.39 is 86.3 Å². The molecule has 13 heteroatoms. The van der Waals surface area contributed by atoms with Crippen molar-refractivity contribution < 1.29 is 54.4 Å². The normalized spacial score (nSPS) is 42.9. The van der Waals surface area contributed by atoms with E-state index in [1.807, 2.05) is 0 Å². The first-order valence-electron chi connectivity index (χ1n) is 9.05. The highest BCUT2D eigenvalue weighted by molar-refractivity contribution is 5.73. The average Bonchev–Trinajstić information content (AvgIpc) is 2.65. The first-order valence-corrected chi connectivity index (χ1v) is 9.05. The number of ether oxygens (including phenoxy) is 3. The Kier molecular flexibility index (Phi) is 8.28. The summed E-state index contributed by atoms with van der Waals surface area (Å²) in [6.07, 6.45) is -11.8. The number of aliphatic hydroxyl groups is 6. The summed E-state index contributed by atoms with van der Waals surface area (Å²) in [4.78, 5) is 23.0. The third-order valence-corrected chi connectivity index (χ3v) is 4.78. The largest absolute Gasteiger partial charge is 0.394 e. The maximum absolute atomic E-state index is 11.5. The summed E-state index contributed by atoms with van der Waals surface area (Å²) < 4.78 is 16.2. The van der Waals surface area contributed by atoms with Gasteiger partial charge in [-0.15, -0.1) is 0 Å². The first-order chi connectivity index (χ1) is 13.6. The zero-order valence-electron chi connectivity index (χ0n) is 15.9. The van der Waals surface area contributed by atoms with E-state index in [1.165, 1.54) is 0 Å². The number of hydrogen-bond acceptors (Lipinski definition) is 11. The fraction of sp³-hybridized carbons (Fsp3) is 0.875. The summed E-state index contributed by atoms with van der Waals surface area (Å²) in [6, 6.07) is -2.59. The van der Waals surface area contributed by atoms with Crippen molar-refractivity contribution in [1.29, 1.82) is 0 Å². The molecule has 168 valence electrons. The molecular formula is C16H28N2O11. The molecule has 8 N–H and O–H groups in total. The van der Waals surface area contributed by atoms with Gasteiger partial charge in [0.05, 0.1) is 13.2 Å². The van der Waals surface area contributed by atoms with Gasteiger partial charge in [-0.3, -0.25) is 9.59 Å². The lowest BCUT2D eigenvalue weighted by atomic mass is 9.94. The summed E-state index contributed by atoms with van der Waals surface area (Å²) in [7, 11) is 0. The quantitative estimate of drug-likeness (QED) is 0.202. The molecule has 0 bridgehead atoms. The summed E-state index contributed by atoms with van der Waals surface area (Å²) in [6.45, 7) is 0.959. The minimum absolute atomic E-state index is 0.576. The van der Waals surface area contributed by atoms with Gasteiger partial charge in [-0.25, -0.2) is 0 Å². The Morgan fingerprint density at radius 1 is 0.828 bits per heavy atom. The van der Waals surface area contributed by atoms with Gasteiger partial charge in [0.1, 0.15) is 48.7 Å². The maximum atomic E-state index is 11.5. The molecule has 2 amide bonds. The van der Waals surface area contributed by atoms with Crippen molar-refractivity contribution in [3.8, 4) is 0 Å². The summed E-state index contributed by atoms with van der Waals surface area (Å²) >= 11 is 0. The molecular weight excluding hydrogens is 396 g/mol. The van der Waals surface area contributed by atoms with Crippen LogP contribution in [0.5, 0.6) is 0 Å². The third kappa shape index (κ3) is 5.39. The predicted octanol–water partition coefficient (Wildman–Crippen LogP) is -5.11. The van der Waals surface area contributed by atoms with Gasteiger partial charge in [0, 0.05) is 13.8 Å². The monoisotopic (exact) mass is 424 g/mol. The van der Waals surface area contributed by atoms with Gasteiger partial charge in [-0.2, -0.15) is 0 Å². The average molecular weight is 424 g/mol. The Hall–Kier alpha value is -1.42. The molecule has 0 unspecified atom stereocenters. The number of carbonyl (C=O) groups is 2. The number of aliphatic hydroxyl groups excluding tert-OH is 6. The van der Waals surface area contributed by atoms with Crippen molar-refractivity contribution in [1.82, 2.24) is 10.6 Å². The van der Waals surface area contributed by atoms with Crippen LogP contribution in [0.3, 0.4) is 0 Å². The molecule has 10 atom stereocenters. The summed E-state index contributed by atoms with van der Waals surface area (Å²) in [5, 5.41) is 64.5. The van der Waals surface area contributed by atoms with E-state index in [9.17, 15) is 40.2 Å². The van der Waals surface area contributed by atoms with Crippen LogP contribution < -0.4 is 10.6 Å². The van der Waals surface area contributed by atoms with Gasteiger partial charge in [0.15, 0.2) is 12.6 Å². The molecule has 13 nitrogen and oxygen atoms in total. The van der Waals surface area contributed by atoms with Crippen LogP contribution >= 0.6 is 0 Å². The fourth-order valence-corrected chi connectivity index (χ4v) is 3.38. The Labute approximate surface area is 166 Å². The smallest absolute Gasteiger partial charge is 0.217 e. The van der Waals surface area contributed by atoms with Crippen molar-refractivity contribution in [2.45, 2.75) is 75.1 Å². The molecule has 2 heterocycles. The topological polar surface area (TPSA) is 207 Å². The zero-order chi connectivity index (χ0) is 21.9. The molecule has 0 aromatic heterocycles. The van der Waals surface area contributed by atoms with Crippen LogP contribution in [0.4, 0.5) is 0 Å². The lowest BCUT2D eigenvalue weighted by Crippen LogP contribution is -2.69. The van der Waals surface area contributed by atoms with Crippen molar-refractivity contribution >= 4 is 11.8 Å². The molecule has 2 rings (SSSR count). The van der Waals surface area contributed by atoms with Crippen molar-refractivity contribution in [3.63, 3.8) is 0 Å². The fourth-order valence-electron chi connectivity index (χ4n) is 3.38. The highest BCUT2D eigenvalue weighted by Crippen LogP contribution is 2.28. The van der Waals surface area contributed by atoms with Gasteiger partial charge in [0.25, 0.3) is 0 Å². The number of amides is 2. The van der Waals surface area contributed by atoms with Crippen molar-refractivity contribution in [3.05, 3.63) is 0 Å². The van der Waals surface area contributed by atoms with Crippen LogP contribution in [0.25, 0.3) is 0 Å². The second kappa shape index (κ2) is 10.1. The van der Waals surface area contributed by atoms with Crippen LogP contribution in [-0.4, -0.2) is 117 Å². The zero-order valence-corrected chi connectivity index (χ0v) is 15.9. The van der Waals surface area contributed by atoms with E-state index in [0.717, 1.165) is 13.8 Å². The van der Waals surface area contributed by atoms with E-state index in [1.54, 1.807) is 0 Å². The highest BCUT2D eigenvalue weighted by Gasteiger charge is 2.51. The Morgan fingerprint density at radius 3 is 1.86 bits per heavy atom. The molecule has 2 saturated heterocycles. The number of hydrogen-bond donors (Lipinski definition) is 8. The highest BCUT2D eigenvalue weighted by atomic mass is 16.7. The minimum atomic E-state index is -1.66. The van der Waals surface area contributed by atoms with E-state index in [2.05, 4.69) is 10.6 Å². The molecule has 0 aromatic carbocycles. The molecule has 2 aliphatic heterocycles. The molecule has 0 radical (unpaired) electrons. The van der Waals surface area contributed by atoms with E-state index in [0.29, 0.717) is 0 Å². The molecule has 2 fully saturated rings. The standard InChI is InChI=1S/C16H28N2O11/c1-5(21)17-9-13(25)11(23)7(3-19)28-16(9)29-14-10(18-6(2)22)15(26)27-8(4-20)12(14)24/h7-16,19-20,23-26H,3-4H2,1-2H3,(H,17,21)(H,18,22)/t7-,8-,9-,10-,11-,12-,13-,14-,15-,16+/m1/s1. The van der Waals surface area contributed by atoms with Crippen LogP contribution in [0.1, 0.15) is 13.8 Å². The van der Waals surface area contributed by atoms with Crippen molar-refractivity contribution in [2.24, 2.45) is 0 Å². The van der Waals surface area contributed by atoms with E-state index in [-0.39, 0.29) is 0 Å². The lowest BCUT2D eigenvalue weighted by molar-refractivity contribution is -0.323. The van der Waals surface area contributed by atoms with Crippen LogP contribution in [0.15, 0.2) is 0 Å². The second-order valence-corrected chi connectivity index (χ2v) is 7.00. The molecule has 29 heavy (non-hydrogen) atoms. The molecule has 2 aliphatic rings. The van der Waals surface area contributed by atoms with Crippen LogP contribution in [0.2, 0.25) is 0 Å². The Bertz CT molecular complexity index is 579. The first kappa shape index (κ1) is 23.9. The number of carbonyl (C=O) groups excluding carboxylic acids is 2. The lowest BCUT2D eigenvalue weighted by Gasteiger charge is -2.47. The molecule has 0 aromatic rings. The SMILES string of the molecule is CC(=O)N[C@@H]1[C@@H](O[C@@H]2O[C@H](CO)[C@@H](O)[C@H](O)[C@H]2NC(C)=O)[C@H](O)[C@@H](CO)O[C@H]1O. The van der Waals surface area contributed by atoms with Gasteiger partial charge in [-0.05, 0) is 0 Å². The summed E-state index contributed by atoms with van der Waals surface area (Å²) in [5.41, 5.74) is 0. The minimum Gasteiger partial charge on any atom is -0.394 e. The number of rotatable bonds is 6. The van der Waals surface area contributed by atoms with Gasteiger partial charge in [0.2, 0.25) is 11.8 Å². The third-order valence-electron chi connectivity index (χ3n) is 4.78. The molecule has 0 spiro atoms. The van der Waals surface area contributed by atoms with Crippen molar-refractivity contribution in [2.75, 3.05) is 13.2 Å². The second-order valence-electron chi connectivity index (χ2n) is 7.00. The maximum Gasteiger partial charge on any atom is 0.217 e. The van der Waals surface area contributed by atoms with Crippen LogP contribution in [0, 0.1) is 0 Å². The molecule has 0 aliphatic carbocycles. The summed E-state index contributed by atoms with van der Waals surface area (Å²) in [5.74, 6) is -1.16. The van der Waals surface area contributed by atoms with E-state index >= 15 is 0 Å². The Morgan fingerprint density at radius 2 is 1.34 bits per heavy atom. The van der Waals surface area contributed by atoms with Crippen LogP contribution in [-0.2, 0) is 23.8 Å². The number of nitrogens with one attached hydrogen (secondary N) is 2. The predicted molar refractivity (Wildman–Crippen MR) is 91.8 cm³/mol.